The van der Waals surface area contributed by atoms with E-state index in [0.29, 0.717) is 18.7 Å². The zero-order valence-corrected chi connectivity index (χ0v) is 11.2. The molecule has 0 atom stereocenters. The number of carboxylic acids is 1. The van der Waals surface area contributed by atoms with Crippen molar-refractivity contribution in [3.63, 3.8) is 0 Å². The minimum atomic E-state index is -0.957. The Kier molecular flexibility index (Phi) is 4.35. The molecule has 4 heteroatoms. The van der Waals surface area contributed by atoms with Crippen LogP contribution in [-0.2, 0) is 6.42 Å². The minimum absolute atomic E-state index is 0.254. The fourth-order valence-corrected chi connectivity index (χ4v) is 2.10. The van der Waals surface area contributed by atoms with Crippen molar-refractivity contribution in [2.45, 2.75) is 13.3 Å². The van der Waals surface area contributed by atoms with E-state index in [4.69, 9.17) is 5.11 Å². The van der Waals surface area contributed by atoms with Crippen LogP contribution in [0.1, 0.15) is 21.5 Å². The molecule has 0 fully saturated rings. The van der Waals surface area contributed by atoms with Gasteiger partial charge < -0.3 is 10.4 Å². The van der Waals surface area contributed by atoms with Crippen LogP contribution in [0, 0.1) is 12.7 Å². The first kappa shape index (κ1) is 14.1. The molecule has 0 amide bonds. The standard InChI is InChI=1S/C16H16FNO2/c1-11-4-2-7-14(16(19)20)15(11)18-9-8-12-5-3-6-13(17)10-12/h2-7,10,18H,8-9H2,1H3,(H,19,20). The van der Waals surface area contributed by atoms with Crippen LogP contribution in [0.2, 0.25) is 0 Å². The number of carbonyl (C=O) groups is 1. The molecule has 2 rings (SSSR count). The number of hydrogen-bond acceptors (Lipinski definition) is 2. The second-order valence-electron chi connectivity index (χ2n) is 4.61. The Morgan fingerprint density at radius 3 is 2.70 bits per heavy atom. The van der Waals surface area contributed by atoms with E-state index >= 15 is 0 Å². The fourth-order valence-electron chi connectivity index (χ4n) is 2.10. The second-order valence-corrected chi connectivity index (χ2v) is 4.61. The lowest BCUT2D eigenvalue weighted by Gasteiger charge is -2.12. The Bertz CT molecular complexity index is 626. The van der Waals surface area contributed by atoms with Crippen molar-refractivity contribution in [2.24, 2.45) is 0 Å². The van der Waals surface area contributed by atoms with Gasteiger partial charge in [-0.1, -0.05) is 24.3 Å². The van der Waals surface area contributed by atoms with Gasteiger partial charge in [-0.25, -0.2) is 9.18 Å². The predicted molar refractivity (Wildman–Crippen MR) is 76.7 cm³/mol. The highest BCUT2D eigenvalue weighted by Crippen LogP contribution is 2.20. The lowest BCUT2D eigenvalue weighted by atomic mass is 10.1. The van der Waals surface area contributed by atoms with E-state index in [9.17, 15) is 9.18 Å². The molecule has 0 unspecified atom stereocenters. The van der Waals surface area contributed by atoms with E-state index in [1.807, 2.05) is 19.1 Å². The van der Waals surface area contributed by atoms with Gasteiger partial charge in [-0.2, -0.15) is 0 Å². The number of aryl methyl sites for hydroxylation is 1. The number of anilines is 1. The fraction of sp³-hybridized carbons (Fsp3) is 0.188. The molecule has 2 N–H and O–H groups in total. The van der Waals surface area contributed by atoms with Gasteiger partial charge in [0, 0.05) is 6.54 Å². The van der Waals surface area contributed by atoms with Crippen molar-refractivity contribution in [1.29, 1.82) is 0 Å². The Morgan fingerprint density at radius 1 is 1.25 bits per heavy atom. The van der Waals surface area contributed by atoms with Crippen LogP contribution >= 0.6 is 0 Å². The molecule has 0 aliphatic carbocycles. The molecule has 0 radical (unpaired) electrons. The van der Waals surface area contributed by atoms with Crippen LogP contribution in [0.3, 0.4) is 0 Å². The normalized spacial score (nSPS) is 10.3. The second kappa shape index (κ2) is 6.19. The number of hydrogen-bond donors (Lipinski definition) is 2. The van der Waals surface area contributed by atoms with Gasteiger partial charge in [0.25, 0.3) is 0 Å². The molecule has 0 saturated carbocycles. The smallest absolute Gasteiger partial charge is 0.337 e. The first-order valence-corrected chi connectivity index (χ1v) is 6.39. The third kappa shape index (κ3) is 3.35. The summed E-state index contributed by atoms with van der Waals surface area (Å²) in [5, 5.41) is 12.3. The highest BCUT2D eigenvalue weighted by molar-refractivity contribution is 5.95. The summed E-state index contributed by atoms with van der Waals surface area (Å²) in [5.41, 5.74) is 2.63. The van der Waals surface area contributed by atoms with Crippen molar-refractivity contribution in [3.05, 3.63) is 65.0 Å². The number of rotatable bonds is 5. The topological polar surface area (TPSA) is 49.3 Å². The van der Waals surface area contributed by atoms with Gasteiger partial charge in [0.2, 0.25) is 0 Å². The zero-order chi connectivity index (χ0) is 14.5. The third-order valence-electron chi connectivity index (χ3n) is 3.11. The van der Waals surface area contributed by atoms with E-state index in [2.05, 4.69) is 5.32 Å². The van der Waals surface area contributed by atoms with Gasteiger partial charge in [0.05, 0.1) is 11.3 Å². The molecule has 2 aromatic carbocycles. The van der Waals surface area contributed by atoms with Crippen LogP contribution in [-0.4, -0.2) is 17.6 Å². The molecule has 3 nitrogen and oxygen atoms in total. The Morgan fingerprint density at radius 2 is 2.00 bits per heavy atom. The first-order chi connectivity index (χ1) is 9.58. The molecule has 0 aliphatic rings. The highest BCUT2D eigenvalue weighted by Gasteiger charge is 2.11. The zero-order valence-electron chi connectivity index (χ0n) is 11.2. The van der Waals surface area contributed by atoms with E-state index < -0.39 is 5.97 Å². The molecule has 0 bridgehead atoms. The highest BCUT2D eigenvalue weighted by atomic mass is 19.1. The summed E-state index contributed by atoms with van der Waals surface area (Å²) >= 11 is 0. The molecule has 104 valence electrons. The van der Waals surface area contributed by atoms with Gasteiger partial charge in [0.1, 0.15) is 5.82 Å². The van der Waals surface area contributed by atoms with Gasteiger partial charge in [0.15, 0.2) is 0 Å². The summed E-state index contributed by atoms with van der Waals surface area (Å²) in [6, 6.07) is 11.5. The minimum Gasteiger partial charge on any atom is -0.478 e. The number of halogens is 1. The molecule has 0 heterocycles. The van der Waals surface area contributed by atoms with Crippen molar-refractivity contribution >= 4 is 11.7 Å². The molecular weight excluding hydrogens is 257 g/mol. The lowest BCUT2D eigenvalue weighted by Crippen LogP contribution is -2.11. The summed E-state index contributed by atoms with van der Waals surface area (Å²) in [6.45, 7) is 2.41. The number of carboxylic acid groups (broad SMARTS) is 1. The summed E-state index contributed by atoms with van der Waals surface area (Å²) < 4.78 is 13.1. The first-order valence-electron chi connectivity index (χ1n) is 6.39. The molecule has 0 spiro atoms. The van der Waals surface area contributed by atoms with Gasteiger partial charge in [-0.3, -0.25) is 0 Å². The average Bonchev–Trinajstić information content (AvgIpc) is 2.40. The van der Waals surface area contributed by atoms with Crippen LogP contribution in [0.25, 0.3) is 0 Å². The van der Waals surface area contributed by atoms with Gasteiger partial charge in [-0.15, -0.1) is 0 Å². The molecule has 2 aromatic rings. The van der Waals surface area contributed by atoms with E-state index in [1.165, 1.54) is 12.1 Å². The maximum Gasteiger partial charge on any atom is 0.337 e. The van der Waals surface area contributed by atoms with Crippen molar-refractivity contribution < 1.29 is 14.3 Å². The largest absolute Gasteiger partial charge is 0.478 e. The van der Waals surface area contributed by atoms with E-state index in [0.717, 1.165) is 11.1 Å². The van der Waals surface area contributed by atoms with E-state index in [-0.39, 0.29) is 11.4 Å². The number of benzene rings is 2. The van der Waals surface area contributed by atoms with Crippen molar-refractivity contribution in [1.82, 2.24) is 0 Å². The van der Waals surface area contributed by atoms with Crippen LogP contribution < -0.4 is 5.32 Å². The summed E-state index contributed by atoms with van der Waals surface area (Å²) in [5.74, 6) is -1.22. The molecule has 20 heavy (non-hydrogen) atoms. The maximum absolute atomic E-state index is 13.1. The van der Waals surface area contributed by atoms with Gasteiger partial charge >= 0.3 is 5.97 Å². The van der Waals surface area contributed by atoms with Crippen molar-refractivity contribution in [2.75, 3.05) is 11.9 Å². The predicted octanol–water partition coefficient (Wildman–Crippen LogP) is 3.49. The Balaban J connectivity index is 2.06. The Labute approximate surface area is 117 Å². The average molecular weight is 273 g/mol. The van der Waals surface area contributed by atoms with E-state index in [1.54, 1.807) is 18.2 Å². The monoisotopic (exact) mass is 273 g/mol. The molecule has 0 aromatic heterocycles. The SMILES string of the molecule is Cc1cccc(C(=O)O)c1NCCc1cccc(F)c1. The summed E-state index contributed by atoms with van der Waals surface area (Å²) in [7, 11) is 0. The maximum atomic E-state index is 13.1. The summed E-state index contributed by atoms with van der Waals surface area (Å²) in [4.78, 5) is 11.2. The quantitative estimate of drug-likeness (QED) is 0.876. The molecule has 0 saturated heterocycles. The van der Waals surface area contributed by atoms with Gasteiger partial charge in [-0.05, 0) is 42.7 Å². The lowest BCUT2D eigenvalue weighted by molar-refractivity contribution is 0.0698. The number of aromatic carboxylic acids is 1. The molecular formula is C16H16FNO2. The third-order valence-corrected chi connectivity index (χ3v) is 3.11. The molecule has 0 aliphatic heterocycles. The number of para-hydroxylation sites is 1. The van der Waals surface area contributed by atoms with Crippen LogP contribution in [0.4, 0.5) is 10.1 Å². The van der Waals surface area contributed by atoms with Crippen LogP contribution in [0.5, 0.6) is 0 Å². The Hall–Kier alpha value is -2.36. The van der Waals surface area contributed by atoms with Crippen molar-refractivity contribution in [3.8, 4) is 0 Å². The summed E-state index contributed by atoms with van der Waals surface area (Å²) in [6.07, 6.45) is 0.630. The van der Waals surface area contributed by atoms with Crippen LogP contribution in [0.15, 0.2) is 42.5 Å². The number of nitrogens with one attached hydrogen (secondary N) is 1.